The van der Waals surface area contributed by atoms with Crippen molar-refractivity contribution >= 4 is 17.4 Å². The summed E-state index contributed by atoms with van der Waals surface area (Å²) in [6.07, 6.45) is 32.8. The van der Waals surface area contributed by atoms with Crippen LogP contribution in [-0.4, -0.2) is 5.78 Å². The molecule has 2 heteroatoms. The fourth-order valence-electron chi connectivity index (χ4n) is 7.17. The molecule has 2 aliphatic rings. The predicted molar refractivity (Wildman–Crippen MR) is 166 cm³/mol. The zero-order chi connectivity index (χ0) is 26.7. The molecule has 0 amide bonds. The summed E-state index contributed by atoms with van der Waals surface area (Å²) in [5.74, 6) is 2.93. The molecule has 2 saturated carbocycles. The minimum Gasteiger partial charge on any atom is -0.299 e. The average molecular weight is 543 g/mol. The number of carbonyl (C=O) groups is 1. The van der Waals surface area contributed by atoms with Gasteiger partial charge in [-0.25, -0.2) is 0 Å². The van der Waals surface area contributed by atoms with Gasteiger partial charge in [0, 0.05) is 18.2 Å². The highest BCUT2D eigenvalue weighted by atomic mass is 35.5. The van der Waals surface area contributed by atoms with Crippen LogP contribution in [0.5, 0.6) is 0 Å². The van der Waals surface area contributed by atoms with Crippen LogP contribution in [-0.2, 0) is 10.7 Å². The van der Waals surface area contributed by atoms with Crippen molar-refractivity contribution in [2.45, 2.75) is 172 Å². The van der Waals surface area contributed by atoms with Gasteiger partial charge in [-0.3, -0.25) is 4.79 Å². The number of hydrogen-bond acceptors (Lipinski definition) is 1. The van der Waals surface area contributed by atoms with Gasteiger partial charge in [-0.1, -0.05) is 153 Å². The summed E-state index contributed by atoms with van der Waals surface area (Å²) in [6, 6.07) is 9.10. The van der Waals surface area contributed by atoms with Crippen LogP contribution < -0.4 is 0 Å². The third-order valence-corrected chi connectivity index (χ3v) is 10.0. The van der Waals surface area contributed by atoms with E-state index >= 15 is 0 Å². The van der Waals surface area contributed by atoms with Gasteiger partial charge in [-0.2, -0.15) is 0 Å². The molecule has 3 rings (SSSR count). The van der Waals surface area contributed by atoms with Gasteiger partial charge in [0.1, 0.15) is 5.78 Å². The number of halogens is 1. The molecule has 0 saturated heterocycles. The van der Waals surface area contributed by atoms with Gasteiger partial charge in [-0.05, 0) is 48.6 Å². The number of Topliss-reactive ketones (excluding diaryl/α,β-unsaturated/α-hetero) is 1. The molecule has 0 spiro atoms. The van der Waals surface area contributed by atoms with E-state index in [1.165, 1.54) is 165 Å². The van der Waals surface area contributed by atoms with Gasteiger partial charge in [0.2, 0.25) is 0 Å². The lowest BCUT2D eigenvalue weighted by molar-refractivity contribution is -0.124. The minimum atomic E-state index is 0.356. The van der Waals surface area contributed by atoms with Crippen LogP contribution in [0.1, 0.15) is 178 Å². The first-order chi connectivity index (χ1) is 18.8. The van der Waals surface area contributed by atoms with E-state index in [1.807, 2.05) is 0 Å². The number of rotatable bonds is 5. The summed E-state index contributed by atoms with van der Waals surface area (Å²) in [7, 11) is 0. The molecular weight excluding hydrogens is 484 g/mol. The van der Waals surface area contributed by atoms with Gasteiger partial charge in [0.05, 0.1) is 0 Å². The Morgan fingerprint density at radius 3 is 1.42 bits per heavy atom. The smallest absolute Gasteiger partial charge is 0.136 e. The van der Waals surface area contributed by atoms with Crippen LogP contribution >= 0.6 is 11.6 Å². The van der Waals surface area contributed by atoms with Gasteiger partial charge in [-0.15, -0.1) is 11.6 Å². The number of ketones is 1. The van der Waals surface area contributed by atoms with E-state index in [1.54, 1.807) is 0 Å². The van der Waals surface area contributed by atoms with Crippen molar-refractivity contribution in [1.29, 1.82) is 0 Å². The lowest BCUT2D eigenvalue weighted by atomic mass is 9.82. The average Bonchev–Trinajstić information content (AvgIpc) is 2.96. The first-order valence-corrected chi connectivity index (χ1v) is 17.5. The lowest BCUT2D eigenvalue weighted by Crippen LogP contribution is -2.19. The van der Waals surface area contributed by atoms with Gasteiger partial charge in [0.15, 0.2) is 0 Å². The van der Waals surface area contributed by atoms with Crippen molar-refractivity contribution in [3.63, 3.8) is 0 Å². The van der Waals surface area contributed by atoms with Gasteiger partial charge in [0.25, 0.3) is 0 Å². The Morgan fingerprint density at radius 1 is 0.553 bits per heavy atom. The van der Waals surface area contributed by atoms with E-state index in [0.29, 0.717) is 29.4 Å². The molecule has 2 aliphatic carbocycles. The molecule has 0 heterocycles. The standard InChI is InChI=1S/C36H59ClO/c37-30-32-25-27-34(28-26-32)33-21-15-11-7-8-13-19-31(20-14-12-18-22-33)29-36(38)35-23-16-9-5-3-1-2-4-6-10-17-24-35/h25-28,31,33,35H,1-24,29-30H2. The number of alkyl halides is 1. The van der Waals surface area contributed by atoms with Crippen LogP contribution in [0.2, 0.25) is 0 Å². The molecule has 38 heavy (non-hydrogen) atoms. The summed E-state index contributed by atoms with van der Waals surface area (Å²) in [6.45, 7) is 0. The Balaban J connectivity index is 1.49. The summed E-state index contributed by atoms with van der Waals surface area (Å²) in [4.78, 5) is 13.6. The maximum Gasteiger partial charge on any atom is 0.136 e. The molecule has 0 aliphatic heterocycles. The molecule has 2 atom stereocenters. The number of hydrogen-bond donors (Lipinski definition) is 0. The molecule has 2 unspecified atom stereocenters. The Kier molecular flexibility index (Phi) is 16.8. The highest BCUT2D eigenvalue weighted by molar-refractivity contribution is 6.17. The van der Waals surface area contributed by atoms with Crippen LogP contribution in [0.3, 0.4) is 0 Å². The fourth-order valence-corrected chi connectivity index (χ4v) is 7.35. The largest absolute Gasteiger partial charge is 0.299 e. The summed E-state index contributed by atoms with van der Waals surface area (Å²) in [5, 5.41) is 0. The summed E-state index contributed by atoms with van der Waals surface area (Å²) in [5.41, 5.74) is 2.74. The zero-order valence-electron chi connectivity index (χ0n) is 24.7. The molecule has 0 radical (unpaired) electrons. The van der Waals surface area contributed by atoms with Crippen LogP contribution in [0, 0.1) is 11.8 Å². The molecule has 1 nitrogen and oxygen atoms in total. The maximum absolute atomic E-state index is 13.6. The monoisotopic (exact) mass is 542 g/mol. The Hall–Kier alpha value is -0.820. The molecule has 1 aromatic carbocycles. The van der Waals surface area contributed by atoms with E-state index in [2.05, 4.69) is 24.3 Å². The maximum atomic E-state index is 13.6. The fraction of sp³-hybridized carbons (Fsp3) is 0.806. The van der Waals surface area contributed by atoms with Gasteiger partial charge < -0.3 is 0 Å². The van der Waals surface area contributed by atoms with E-state index in [0.717, 1.165) is 6.42 Å². The Morgan fingerprint density at radius 2 is 0.947 bits per heavy atom. The normalized spacial score (nSPS) is 25.3. The second-order valence-electron chi connectivity index (χ2n) is 12.9. The third kappa shape index (κ3) is 13.0. The van der Waals surface area contributed by atoms with Crippen molar-refractivity contribution in [2.24, 2.45) is 11.8 Å². The number of benzene rings is 1. The SMILES string of the molecule is O=C(CC1CCCCCCCC(c2ccc(CCl)cc2)CCCCC1)C1CCCCCCCCCCCC1. The molecule has 0 aromatic heterocycles. The Labute approximate surface area is 241 Å². The lowest BCUT2D eigenvalue weighted by Gasteiger charge is -2.22. The quantitative estimate of drug-likeness (QED) is 0.338. The molecule has 1 aromatic rings. The summed E-state index contributed by atoms with van der Waals surface area (Å²) < 4.78 is 0. The van der Waals surface area contributed by atoms with Crippen LogP contribution in [0.4, 0.5) is 0 Å². The summed E-state index contributed by atoms with van der Waals surface area (Å²) >= 11 is 6.02. The molecule has 0 bridgehead atoms. The number of carbonyl (C=O) groups excluding carboxylic acids is 1. The van der Waals surface area contributed by atoms with Crippen molar-refractivity contribution in [1.82, 2.24) is 0 Å². The molecule has 216 valence electrons. The molecule has 0 N–H and O–H groups in total. The van der Waals surface area contributed by atoms with Gasteiger partial charge >= 0.3 is 0 Å². The molecule has 2 fully saturated rings. The second kappa shape index (κ2) is 20.1. The second-order valence-corrected chi connectivity index (χ2v) is 13.2. The van der Waals surface area contributed by atoms with E-state index in [9.17, 15) is 4.79 Å². The topological polar surface area (TPSA) is 17.1 Å². The third-order valence-electron chi connectivity index (χ3n) is 9.74. The van der Waals surface area contributed by atoms with Crippen molar-refractivity contribution in [3.05, 3.63) is 35.4 Å². The highest BCUT2D eigenvalue weighted by Gasteiger charge is 2.22. The van der Waals surface area contributed by atoms with E-state index in [4.69, 9.17) is 11.6 Å². The van der Waals surface area contributed by atoms with Crippen molar-refractivity contribution in [3.8, 4) is 0 Å². The van der Waals surface area contributed by atoms with E-state index < -0.39 is 0 Å². The first-order valence-electron chi connectivity index (χ1n) is 16.9. The van der Waals surface area contributed by atoms with Crippen molar-refractivity contribution < 1.29 is 4.79 Å². The van der Waals surface area contributed by atoms with Crippen LogP contribution in [0.25, 0.3) is 0 Å². The van der Waals surface area contributed by atoms with Crippen LogP contribution in [0.15, 0.2) is 24.3 Å². The van der Waals surface area contributed by atoms with Crippen molar-refractivity contribution in [2.75, 3.05) is 0 Å². The zero-order valence-corrected chi connectivity index (χ0v) is 25.5. The minimum absolute atomic E-state index is 0.356. The first kappa shape index (κ1) is 31.7. The Bertz CT molecular complexity index is 711. The highest BCUT2D eigenvalue weighted by Crippen LogP contribution is 2.32. The molecular formula is C36H59ClO. The predicted octanol–water partition coefficient (Wildman–Crippen LogP) is 12.1. The van der Waals surface area contributed by atoms with E-state index in [-0.39, 0.29) is 0 Å².